The molecular formula is C129H83N5. The number of rotatable bonds is 14. The zero-order valence-electron chi connectivity index (χ0n) is 73.2. The molecule has 28 rings (SSSR count). The van der Waals surface area contributed by atoms with Crippen molar-refractivity contribution in [1.29, 1.82) is 0 Å². The highest BCUT2D eigenvalue weighted by Gasteiger charge is 2.53. The van der Waals surface area contributed by atoms with Gasteiger partial charge in [-0.2, -0.15) is 0 Å². The van der Waals surface area contributed by atoms with E-state index in [1.54, 1.807) is 0 Å². The summed E-state index contributed by atoms with van der Waals surface area (Å²) in [6.45, 7) is 0. The van der Waals surface area contributed by atoms with E-state index in [1.165, 1.54) is 155 Å². The summed E-state index contributed by atoms with van der Waals surface area (Å²) in [5, 5.41) is 7.47. The first-order chi connectivity index (χ1) is 66.5. The van der Waals surface area contributed by atoms with E-state index in [9.17, 15) is 0 Å². The molecule has 1 unspecified atom stereocenters. The smallest absolute Gasteiger partial charge is 0.0754 e. The third-order valence-electron chi connectivity index (χ3n) is 29.9. The molecule has 1 atom stereocenters. The van der Waals surface area contributed by atoms with Crippen molar-refractivity contribution in [1.82, 2.24) is 13.7 Å². The Kier molecular flexibility index (Phi) is 16.5. The van der Waals surface area contributed by atoms with Crippen molar-refractivity contribution >= 4 is 99.5 Å². The first-order valence-corrected chi connectivity index (χ1v) is 46.6. The molecule has 21 aromatic carbocycles. The van der Waals surface area contributed by atoms with Crippen molar-refractivity contribution in [3.05, 3.63) is 570 Å². The lowest BCUT2D eigenvalue weighted by atomic mass is 9.64. The van der Waals surface area contributed by atoms with E-state index in [1.807, 2.05) is 0 Å². The molecule has 0 fully saturated rings. The van der Waals surface area contributed by atoms with E-state index in [4.69, 9.17) is 0 Å². The standard InChI is InChI=1S/C129H83N5/c1-5-35-90(36-6-1)127(91-37-7-2-8-38-91,92-69-64-84(65-70-92)87-33-28-45-98(79-87)131(95-42-11-4-12-43-95)100-74-77-116-124(83-100)134-121-62-25-18-51-106(121)109-53-31-59-118(126(109)134)128(116)111-54-19-13-46-101(111)102-47-14-20-55-112(102)128)93-39-27-32-86(78-93)89-68-75-107-104-49-16-23-60-119(104)132(123(107)81-89)96-71-66-85(67-72-96)88-34-29-44-97(80-88)130(94-40-9-3-10-41-94)99-73-76-114-110(82-99)103-48-15-21-56-113(103)129(114)115-57-22-26-63-122(115)133-120-61-24-17-50-105(120)108-52-30-58-117(129)125(108)133/h1-83H. The van der Waals surface area contributed by atoms with Crippen molar-refractivity contribution in [2.75, 3.05) is 9.80 Å². The van der Waals surface area contributed by atoms with Gasteiger partial charge < -0.3 is 23.5 Å². The van der Waals surface area contributed by atoms with Crippen LogP contribution in [0.2, 0.25) is 0 Å². The lowest BCUT2D eigenvalue weighted by Crippen LogP contribution is -2.33. The predicted octanol–water partition coefficient (Wildman–Crippen LogP) is 32.7. The van der Waals surface area contributed by atoms with Gasteiger partial charge in [-0.05, 0) is 244 Å². The van der Waals surface area contributed by atoms with Crippen molar-refractivity contribution in [3.63, 3.8) is 0 Å². The highest BCUT2D eigenvalue weighted by molar-refractivity contribution is 6.16. The highest BCUT2D eigenvalue weighted by Crippen LogP contribution is 2.65. The Morgan fingerprint density at radius 1 is 0.172 bits per heavy atom. The molecule has 0 saturated heterocycles. The van der Waals surface area contributed by atoms with Crippen LogP contribution in [0.3, 0.4) is 0 Å². The molecule has 5 heteroatoms. The first-order valence-electron chi connectivity index (χ1n) is 46.6. The molecular weight excluding hydrogens is 1620 g/mol. The molecule has 0 N–H and O–H groups in total. The SMILES string of the molecule is c1ccc(N(c2cccc(-c3ccc(-n4c5ccccc5c5ccc(-c6cccc(C(c7ccccc7)(c7ccccc7)c7ccc(-c8cccc(N(c9ccccc9)c9ccc%10c(c9)-n9c%11ccccc%11c%11cccc(c%119)C%109c%10ccccc%10-c%10ccccc%109)c8)cc7)c6)cc54)cc3)c2)c2ccc3c(c2)-c2ccccc2C32c3ccccc3-n3c4ccccc4c4cccc2c43)cc1. The number of anilines is 6. The zero-order chi connectivity index (χ0) is 87.9. The van der Waals surface area contributed by atoms with Crippen molar-refractivity contribution in [2.45, 2.75) is 16.2 Å². The normalized spacial score (nSPS) is 13.9. The van der Waals surface area contributed by atoms with Gasteiger partial charge in [0, 0.05) is 72.1 Å². The van der Waals surface area contributed by atoms with Gasteiger partial charge in [0.05, 0.1) is 60.7 Å². The summed E-state index contributed by atoms with van der Waals surface area (Å²) in [5.41, 5.74) is 42.3. The minimum atomic E-state index is -0.739. The molecule has 4 aliphatic rings. The fraction of sp³-hybridized carbons (Fsp3) is 0.0233. The number of hydrogen-bond donors (Lipinski definition) is 0. The molecule has 5 nitrogen and oxygen atoms in total. The van der Waals surface area contributed by atoms with Gasteiger partial charge in [-0.3, -0.25) is 0 Å². The molecule has 2 spiro atoms. The van der Waals surface area contributed by atoms with Gasteiger partial charge in [-0.1, -0.05) is 382 Å². The average Bonchev–Trinajstić information content (AvgIpc) is 1.50. The van der Waals surface area contributed by atoms with Crippen LogP contribution in [0.15, 0.2) is 504 Å². The summed E-state index contributed by atoms with van der Waals surface area (Å²) in [6, 6.07) is 189. The first kappa shape index (κ1) is 75.6. The maximum atomic E-state index is 2.56. The van der Waals surface area contributed by atoms with Crippen LogP contribution in [-0.4, -0.2) is 13.7 Å². The Balaban J connectivity index is 0.523. The second-order valence-corrected chi connectivity index (χ2v) is 36.4. The third kappa shape index (κ3) is 10.7. The summed E-state index contributed by atoms with van der Waals surface area (Å²) in [4.78, 5) is 4.88. The van der Waals surface area contributed by atoms with Crippen LogP contribution < -0.4 is 9.80 Å². The summed E-state index contributed by atoms with van der Waals surface area (Å²) >= 11 is 0. The van der Waals surface area contributed by atoms with Crippen LogP contribution in [-0.2, 0) is 16.2 Å². The number of para-hydroxylation sites is 8. The number of fused-ring (bicyclic) bond motifs is 27. The van der Waals surface area contributed by atoms with Crippen LogP contribution >= 0.6 is 0 Å². The number of benzene rings is 21. The zero-order valence-corrected chi connectivity index (χ0v) is 73.2. The highest BCUT2D eigenvalue weighted by atomic mass is 15.2. The lowest BCUT2D eigenvalue weighted by Gasteiger charge is -2.40. The van der Waals surface area contributed by atoms with Crippen molar-refractivity contribution < 1.29 is 0 Å². The monoisotopic (exact) mass is 1700 g/mol. The number of nitrogens with zero attached hydrogens (tertiary/aromatic N) is 5. The van der Waals surface area contributed by atoms with Crippen LogP contribution in [0, 0.1) is 0 Å². The van der Waals surface area contributed by atoms with Crippen LogP contribution in [0.25, 0.3) is 138 Å². The molecule has 0 radical (unpaired) electrons. The second kappa shape index (κ2) is 29.3. The van der Waals surface area contributed by atoms with Crippen LogP contribution in [0.5, 0.6) is 0 Å². The van der Waals surface area contributed by atoms with Crippen LogP contribution in [0.1, 0.15) is 66.8 Å². The van der Waals surface area contributed by atoms with Crippen molar-refractivity contribution in [2.24, 2.45) is 0 Å². The lowest BCUT2D eigenvalue weighted by molar-refractivity contribution is 0.745. The Bertz CT molecular complexity index is 8860. The van der Waals surface area contributed by atoms with Gasteiger partial charge in [0.1, 0.15) is 0 Å². The molecule has 5 heterocycles. The van der Waals surface area contributed by atoms with E-state index in [0.29, 0.717) is 0 Å². The molecule has 624 valence electrons. The van der Waals surface area contributed by atoms with E-state index < -0.39 is 16.2 Å². The molecule has 134 heavy (non-hydrogen) atoms. The topological polar surface area (TPSA) is 21.3 Å². The quantitative estimate of drug-likeness (QED) is 0.101. The van der Waals surface area contributed by atoms with E-state index >= 15 is 0 Å². The minimum absolute atomic E-state index is 0.549. The van der Waals surface area contributed by atoms with E-state index in [2.05, 4.69) is 527 Å². The minimum Gasteiger partial charge on any atom is -0.310 e. The third-order valence-corrected chi connectivity index (χ3v) is 29.9. The van der Waals surface area contributed by atoms with Crippen LogP contribution in [0.4, 0.5) is 34.1 Å². The molecule has 2 aliphatic carbocycles. The fourth-order valence-electron chi connectivity index (χ4n) is 24.5. The second-order valence-electron chi connectivity index (χ2n) is 36.4. The molecule has 2 aliphatic heterocycles. The Hall–Kier alpha value is -17.4. The Morgan fingerprint density at radius 3 is 1.07 bits per heavy atom. The van der Waals surface area contributed by atoms with Gasteiger partial charge in [-0.25, -0.2) is 0 Å². The maximum Gasteiger partial charge on any atom is 0.0754 e. The van der Waals surface area contributed by atoms with Gasteiger partial charge in [0.15, 0.2) is 0 Å². The summed E-state index contributed by atoms with van der Waals surface area (Å²) in [7, 11) is 0. The summed E-state index contributed by atoms with van der Waals surface area (Å²) < 4.78 is 7.55. The largest absolute Gasteiger partial charge is 0.310 e. The maximum absolute atomic E-state index is 2.56. The summed E-state index contributed by atoms with van der Waals surface area (Å²) in [5.74, 6) is 0. The summed E-state index contributed by atoms with van der Waals surface area (Å²) in [6.07, 6.45) is 0. The van der Waals surface area contributed by atoms with Gasteiger partial charge in [0.25, 0.3) is 0 Å². The van der Waals surface area contributed by atoms with E-state index in [0.717, 1.165) is 84.2 Å². The molecule has 0 bridgehead atoms. The Labute approximate surface area is 776 Å². The van der Waals surface area contributed by atoms with Gasteiger partial charge in [-0.15, -0.1) is 0 Å². The number of hydrogen-bond acceptors (Lipinski definition) is 2. The molecule has 0 amide bonds. The molecule has 24 aromatic rings. The average molecular weight is 1700 g/mol. The Morgan fingerprint density at radius 2 is 0.515 bits per heavy atom. The van der Waals surface area contributed by atoms with E-state index in [-0.39, 0.29) is 0 Å². The molecule has 3 aromatic heterocycles. The van der Waals surface area contributed by atoms with Gasteiger partial charge >= 0.3 is 0 Å². The number of aromatic nitrogens is 3. The van der Waals surface area contributed by atoms with Crippen molar-refractivity contribution in [3.8, 4) is 72.7 Å². The van der Waals surface area contributed by atoms with Gasteiger partial charge in [0.2, 0.25) is 0 Å². The predicted molar refractivity (Wildman–Crippen MR) is 555 cm³/mol. The molecule has 0 saturated carbocycles. The fourth-order valence-corrected chi connectivity index (χ4v) is 24.5.